The van der Waals surface area contributed by atoms with Gasteiger partial charge in [0.15, 0.2) is 0 Å². The van der Waals surface area contributed by atoms with Crippen LogP contribution < -0.4 is 0 Å². The molecule has 0 amide bonds. The molecular weight excluding hydrogens is 491 g/mol. The summed E-state index contributed by atoms with van der Waals surface area (Å²) in [6.45, 7) is 19.1. The van der Waals surface area contributed by atoms with E-state index in [-0.39, 0.29) is 16.8 Å². The molecule has 0 radical (unpaired) electrons. The molecule has 2 aliphatic rings. The molecule has 0 aliphatic heterocycles. The Hall–Kier alpha value is 0.230. The molecule has 26 heavy (non-hydrogen) atoms. The van der Waals surface area contributed by atoms with E-state index in [4.69, 9.17) is 8.56 Å². The van der Waals surface area contributed by atoms with Crippen LogP contribution in [-0.2, 0) is 29.8 Å². The van der Waals surface area contributed by atoms with Gasteiger partial charge in [-0.3, -0.25) is 0 Å². The maximum absolute atomic E-state index is 6.83. The molecule has 0 atom stereocenters. The van der Waals surface area contributed by atoms with E-state index in [9.17, 15) is 0 Å². The molecule has 0 unspecified atom stereocenters. The summed E-state index contributed by atoms with van der Waals surface area (Å²) in [6, 6.07) is 0. The van der Waals surface area contributed by atoms with Crippen LogP contribution in [0.2, 0.25) is 0 Å². The van der Waals surface area contributed by atoms with Crippen molar-refractivity contribution in [2.75, 3.05) is 0 Å². The van der Waals surface area contributed by atoms with Gasteiger partial charge in [0, 0.05) is 0 Å². The fourth-order valence-electron chi connectivity index (χ4n) is 3.90. The zero-order valence-electron chi connectivity index (χ0n) is 18.5. The molecule has 0 N–H and O–H groups in total. The van der Waals surface area contributed by atoms with Gasteiger partial charge in [0.2, 0.25) is 0 Å². The second-order valence-corrected chi connectivity index (χ2v) is 19.1. The predicted octanol–water partition coefficient (Wildman–Crippen LogP) is 6.73. The Morgan fingerprint density at radius 1 is 0.769 bits per heavy atom. The third-order valence-corrected chi connectivity index (χ3v) is 18.4. The molecule has 0 bridgehead atoms. The topological polar surface area (TPSA) is 27.7 Å². The number of rotatable bonds is 5. The number of allylic oxidation sites excluding steroid dienone is 4. The monoisotopic (exact) mass is 532 g/mol. The average molecular weight is 531 g/mol. The van der Waals surface area contributed by atoms with E-state index in [1.165, 1.54) is 34.6 Å². The van der Waals surface area contributed by atoms with Crippen molar-refractivity contribution < 1.29 is 29.8 Å². The van der Waals surface area contributed by atoms with Gasteiger partial charge in [-0.2, -0.15) is 0 Å². The summed E-state index contributed by atoms with van der Waals surface area (Å²) in [7, 11) is 0. The van der Waals surface area contributed by atoms with Crippen LogP contribution in [0, 0.1) is 5.92 Å². The summed E-state index contributed by atoms with van der Waals surface area (Å²) in [4.78, 5) is 0. The first-order valence-corrected chi connectivity index (χ1v) is 16.4. The Labute approximate surface area is 167 Å². The zero-order valence-corrected chi connectivity index (χ0v) is 22.1. The molecule has 2 rings (SSSR count). The molecule has 0 aromatic heterocycles. The minimum absolute atomic E-state index is 0.297. The van der Waals surface area contributed by atoms with Crippen LogP contribution in [0.25, 0.3) is 0 Å². The normalized spacial score (nSPS) is 20.5. The van der Waals surface area contributed by atoms with Gasteiger partial charge in [-0.15, -0.1) is 0 Å². The first-order chi connectivity index (χ1) is 11.7. The van der Waals surface area contributed by atoms with E-state index in [2.05, 4.69) is 74.5 Å². The third-order valence-electron chi connectivity index (χ3n) is 4.45. The van der Waals surface area contributed by atoms with Crippen molar-refractivity contribution in [3.8, 4) is 0 Å². The molecule has 0 saturated heterocycles. The molecule has 2 aliphatic carbocycles. The summed E-state index contributed by atoms with van der Waals surface area (Å²) in [5.74, 6) is 0.652. The van der Waals surface area contributed by atoms with Gasteiger partial charge >= 0.3 is 168 Å². The van der Waals surface area contributed by atoms with Gasteiger partial charge < -0.3 is 0 Å². The van der Waals surface area contributed by atoms with Gasteiger partial charge in [0.25, 0.3) is 0 Å². The quantitative estimate of drug-likeness (QED) is 0.369. The Kier molecular flexibility index (Phi) is 6.86. The Morgan fingerprint density at radius 2 is 1.19 bits per heavy atom. The maximum atomic E-state index is 6.83. The van der Waals surface area contributed by atoms with Crippen molar-refractivity contribution in [1.29, 1.82) is 0 Å². The zero-order chi connectivity index (χ0) is 19.8. The van der Waals surface area contributed by atoms with Crippen molar-refractivity contribution in [2.24, 2.45) is 5.92 Å². The third kappa shape index (κ3) is 6.39. The first kappa shape index (κ1) is 22.5. The van der Waals surface area contributed by atoms with E-state index in [1.54, 1.807) is 0 Å². The number of hydrogen-bond acceptors (Lipinski definition) is 3. The van der Waals surface area contributed by atoms with Crippen molar-refractivity contribution in [1.82, 2.24) is 0 Å². The molecule has 0 aromatic carbocycles. The molecule has 150 valence electrons. The van der Waals surface area contributed by atoms with Crippen LogP contribution in [0.15, 0.2) is 21.1 Å². The minimum atomic E-state index is -4.23. The standard InChI is InChI=1S/C10H13.3C4H9O.Hf/c1-2-6-9(5-1)10-7-3-4-8-10;3*1-4(2,3)5;/h1,5,10H,2-4,7-8H2;3*1-3H3;/q;3*-1;+3. The molecule has 1 saturated carbocycles. The summed E-state index contributed by atoms with van der Waals surface area (Å²) < 4.78 is 21.9. The average Bonchev–Trinajstić information content (AvgIpc) is 3.03. The first-order valence-electron chi connectivity index (χ1n) is 10.2. The fraction of sp³-hybridized carbons (Fsp3) is 0.818. The van der Waals surface area contributed by atoms with Crippen molar-refractivity contribution in [2.45, 2.75) is 111 Å². The van der Waals surface area contributed by atoms with Gasteiger partial charge in [-0.1, -0.05) is 0 Å². The molecule has 1 fully saturated rings. The van der Waals surface area contributed by atoms with E-state index in [0.29, 0.717) is 5.92 Å². The van der Waals surface area contributed by atoms with Crippen molar-refractivity contribution in [3.63, 3.8) is 0 Å². The molecule has 0 aromatic rings. The van der Waals surface area contributed by atoms with Gasteiger partial charge in [-0.25, -0.2) is 0 Å². The Bertz CT molecular complexity index is 509. The van der Waals surface area contributed by atoms with Crippen LogP contribution in [-0.4, -0.2) is 16.8 Å². The fourth-order valence-corrected chi connectivity index (χ4v) is 18.0. The molecule has 4 heteroatoms. The van der Waals surface area contributed by atoms with Crippen molar-refractivity contribution in [3.05, 3.63) is 21.1 Å². The predicted molar refractivity (Wildman–Crippen MR) is 105 cm³/mol. The van der Waals surface area contributed by atoms with Crippen LogP contribution in [0.4, 0.5) is 0 Å². The summed E-state index contributed by atoms with van der Waals surface area (Å²) in [5.41, 5.74) is 0.582. The SMILES string of the molecule is CC(C)(C)[O][Hf]([O]C(C)(C)C)([O]C(C)(C)C)[C]1=C(C2CCCC2)C=CC1. The van der Waals surface area contributed by atoms with Gasteiger partial charge in [-0.05, 0) is 0 Å². The van der Waals surface area contributed by atoms with E-state index in [0.717, 1.165) is 6.42 Å². The number of hydrogen-bond donors (Lipinski definition) is 0. The Balaban J connectivity index is 2.57. The van der Waals surface area contributed by atoms with E-state index >= 15 is 0 Å². The molecule has 3 nitrogen and oxygen atoms in total. The van der Waals surface area contributed by atoms with Crippen LogP contribution in [0.1, 0.15) is 94.4 Å². The van der Waals surface area contributed by atoms with Gasteiger partial charge in [0.05, 0.1) is 0 Å². The molecular formula is C22H40HfO3. The Morgan fingerprint density at radius 3 is 1.58 bits per heavy atom. The van der Waals surface area contributed by atoms with E-state index < -0.39 is 21.3 Å². The van der Waals surface area contributed by atoms with Gasteiger partial charge in [0.1, 0.15) is 0 Å². The van der Waals surface area contributed by atoms with Crippen LogP contribution in [0.5, 0.6) is 0 Å². The summed E-state index contributed by atoms with van der Waals surface area (Å²) in [5, 5.41) is 0. The molecule has 0 heterocycles. The second-order valence-electron chi connectivity index (χ2n) is 10.7. The summed E-state index contributed by atoms with van der Waals surface area (Å²) in [6.07, 6.45) is 10.8. The summed E-state index contributed by atoms with van der Waals surface area (Å²) >= 11 is -4.23. The van der Waals surface area contributed by atoms with Crippen molar-refractivity contribution >= 4 is 0 Å². The van der Waals surface area contributed by atoms with E-state index in [1.807, 2.05) is 0 Å². The second kappa shape index (κ2) is 7.93. The van der Waals surface area contributed by atoms with Crippen LogP contribution in [0.3, 0.4) is 0 Å². The molecule has 0 spiro atoms. The van der Waals surface area contributed by atoms with Crippen LogP contribution >= 0.6 is 0 Å².